The van der Waals surface area contributed by atoms with Crippen molar-refractivity contribution in [3.63, 3.8) is 0 Å². The molecule has 0 unspecified atom stereocenters. The average molecular weight is 561 g/mol. The summed E-state index contributed by atoms with van der Waals surface area (Å²) in [5.74, 6) is 0.863. The van der Waals surface area contributed by atoms with Crippen LogP contribution in [0.3, 0.4) is 0 Å². The van der Waals surface area contributed by atoms with Gasteiger partial charge in [0.05, 0.1) is 47.2 Å². The van der Waals surface area contributed by atoms with Crippen LogP contribution in [0.5, 0.6) is 11.5 Å². The zero-order valence-electron chi connectivity index (χ0n) is 23.6. The predicted octanol–water partition coefficient (Wildman–Crippen LogP) is 7.07. The Morgan fingerprint density at radius 1 is 0.921 bits per heavy atom. The van der Waals surface area contributed by atoms with Crippen molar-refractivity contribution < 1.29 is 9.47 Å². The van der Waals surface area contributed by atoms with E-state index in [1.54, 1.807) is 24.4 Å². The van der Waals surface area contributed by atoms with E-state index in [2.05, 4.69) is 36.6 Å². The van der Waals surface area contributed by atoms with Crippen molar-refractivity contribution in [1.29, 1.82) is 5.26 Å². The Morgan fingerprint density at radius 3 is 1.97 bits per heavy atom. The fourth-order valence-corrected chi connectivity index (χ4v) is 4.82. The SMILES string of the molecule is CC.CCC.CCN1CCN(Cc2cnc3c(-c4c(Cl)c(OC)cc(OC)c4Cl)ccc(C#N)c3n2)CC1. The van der Waals surface area contributed by atoms with Crippen LogP contribution in [0.25, 0.3) is 22.2 Å². The van der Waals surface area contributed by atoms with Gasteiger partial charge in [-0.25, -0.2) is 4.98 Å². The van der Waals surface area contributed by atoms with Crippen LogP contribution in [0.15, 0.2) is 24.4 Å². The van der Waals surface area contributed by atoms with Gasteiger partial charge >= 0.3 is 0 Å². The second kappa shape index (κ2) is 15.7. The van der Waals surface area contributed by atoms with Gasteiger partial charge in [-0.15, -0.1) is 0 Å². The molecule has 1 saturated heterocycles. The van der Waals surface area contributed by atoms with Crippen LogP contribution in [-0.2, 0) is 6.54 Å². The standard InChI is InChI=1S/C24H25Cl2N5O2.C3H8.C2H6/c1-4-30-7-9-31(10-8-30)14-16-13-28-24-17(6-5-15(12-27)23(24)29-16)20-21(25)18(32-2)11-19(33-3)22(20)26;1-3-2;1-2/h5-6,11,13H,4,7-10,14H2,1-3H3;3H2,1-2H3;1-2H3. The summed E-state index contributed by atoms with van der Waals surface area (Å²) in [6, 6.07) is 7.37. The maximum Gasteiger partial charge on any atom is 0.141 e. The predicted molar refractivity (Wildman–Crippen MR) is 158 cm³/mol. The number of likely N-dealkylation sites (N-methyl/N-ethyl adjacent to an activating group) is 1. The van der Waals surface area contributed by atoms with Crippen molar-refractivity contribution >= 4 is 34.2 Å². The topological polar surface area (TPSA) is 74.5 Å². The zero-order chi connectivity index (χ0) is 28.2. The van der Waals surface area contributed by atoms with E-state index in [1.165, 1.54) is 20.6 Å². The number of hydrogen-bond donors (Lipinski definition) is 0. The molecule has 206 valence electrons. The first kappa shape index (κ1) is 31.6. The molecule has 1 fully saturated rings. The minimum absolute atomic E-state index is 0.342. The highest BCUT2D eigenvalue weighted by Gasteiger charge is 2.23. The average Bonchev–Trinajstić information content (AvgIpc) is 2.95. The maximum atomic E-state index is 9.71. The zero-order valence-corrected chi connectivity index (χ0v) is 25.1. The van der Waals surface area contributed by atoms with Gasteiger partial charge in [-0.1, -0.05) is 70.3 Å². The molecule has 0 radical (unpaired) electrons. The summed E-state index contributed by atoms with van der Waals surface area (Å²) in [4.78, 5) is 14.3. The highest BCUT2D eigenvalue weighted by molar-refractivity contribution is 6.41. The lowest BCUT2D eigenvalue weighted by Crippen LogP contribution is -2.45. The van der Waals surface area contributed by atoms with E-state index < -0.39 is 0 Å². The normalized spacial score (nSPS) is 13.6. The molecule has 2 heterocycles. The molecule has 2 aromatic carbocycles. The molecule has 38 heavy (non-hydrogen) atoms. The lowest BCUT2D eigenvalue weighted by Gasteiger charge is -2.33. The monoisotopic (exact) mass is 559 g/mol. The third-order valence-electron chi connectivity index (χ3n) is 6.01. The molecule has 0 atom stereocenters. The molecular weight excluding hydrogens is 521 g/mol. The molecule has 1 aliphatic rings. The summed E-state index contributed by atoms with van der Waals surface area (Å²) in [6.07, 6.45) is 3.01. The van der Waals surface area contributed by atoms with Crippen LogP contribution in [0, 0.1) is 11.3 Å². The smallest absolute Gasteiger partial charge is 0.141 e. The highest BCUT2D eigenvalue weighted by atomic mass is 35.5. The molecule has 4 rings (SSSR count). The summed E-state index contributed by atoms with van der Waals surface area (Å²) in [5, 5.41) is 10.4. The molecule has 0 aliphatic carbocycles. The fourth-order valence-electron chi connectivity index (χ4n) is 4.12. The van der Waals surface area contributed by atoms with Crippen molar-refractivity contribution in [3.05, 3.63) is 45.7 Å². The number of ether oxygens (including phenoxy) is 2. The summed E-state index contributed by atoms with van der Waals surface area (Å²) in [7, 11) is 3.06. The van der Waals surface area contributed by atoms with Crippen LogP contribution < -0.4 is 9.47 Å². The molecule has 1 aromatic heterocycles. The second-order valence-electron chi connectivity index (χ2n) is 8.53. The first-order valence-corrected chi connectivity index (χ1v) is 13.9. The second-order valence-corrected chi connectivity index (χ2v) is 9.29. The van der Waals surface area contributed by atoms with E-state index in [0.29, 0.717) is 55.8 Å². The van der Waals surface area contributed by atoms with E-state index in [4.69, 9.17) is 42.6 Å². The van der Waals surface area contributed by atoms with Crippen LogP contribution in [0.1, 0.15) is 52.3 Å². The number of nitriles is 1. The van der Waals surface area contributed by atoms with Crippen LogP contribution in [0.2, 0.25) is 10.0 Å². The molecule has 9 heteroatoms. The van der Waals surface area contributed by atoms with Gasteiger partial charge in [-0.3, -0.25) is 9.88 Å². The van der Waals surface area contributed by atoms with Gasteiger partial charge in [0.1, 0.15) is 23.1 Å². The highest BCUT2D eigenvalue weighted by Crippen LogP contribution is 2.47. The minimum Gasteiger partial charge on any atom is -0.495 e. The Kier molecular flexibility index (Phi) is 13.1. The number of nitrogens with zero attached hydrogens (tertiary/aromatic N) is 5. The van der Waals surface area contributed by atoms with Gasteiger partial charge < -0.3 is 14.4 Å². The number of methoxy groups -OCH3 is 2. The molecule has 0 saturated carbocycles. The van der Waals surface area contributed by atoms with Gasteiger partial charge in [0, 0.05) is 49.9 Å². The largest absolute Gasteiger partial charge is 0.495 e. The van der Waals surface area contributed by atoms with Gasteiger partial charge in [0.25, 0.3) is 0 Å². The van der Waals surface area contributed by atoms with Gasteiger partial charge in [-0.05, 0) is 12.6 Å². The molecular formula is C29H39Cl2N5O2. The fraction of sp³-hybridized carbons (Fsp3) is 0.483. The van der Waals surface area contributed by atoms with Gasteiger partial charge in [0.15, 0.2) is 0 Å². The lowest BCUT2D eigenvalue weighted by atomic mass is 10.00. The van der Waals surface area contributed by atoms with Crippen LogP contribution in [-0.4, -0.2) is 66.7 Å². The Morgan fingerprint density at radius 2 is 1.47 bits per heavy atom. The van der Waals surface area contributed by atoms with E-state index in [-0.39, 0.29) is 0 Å². The summed E-state index contributed by atoms with van der Waals surface area (Å²) >= 11 is 13.3. The Labute approximate surface area is 237 Å². The summed E-state index contributed by atoms with van der Waals surface area (Å²) in [5.41, 5.74) is 3.53. The van der Waals surface area contributed by atoms with Crippen molar-refractivity contribution in [2.75, 3.05) is 46.9 Å². The first-order chi connectivity index (χ1) is 18.4. The molecule has 7 nitrogen and oxygen atoms in total. The number of piperazine rings is 1. The van der Waals surface area contributed by atoms with Gasteiger partial charge in [0.2, 0.25) is 0 Å². The quantitative estimate of drug-likeness (QED) is 0.319. The van der Waals surface area contributed by atoms with Crippen molar-refractivity contribution in [2.24, 2.45) is 0 Å². The number of aromatic nitrogens is 2. The van der Waals surface area contributed by atoms with Crippen LogP contribution >= 0.6 is 23.2 Å². The van der Waals surface area contributed by atoms with E-state index >= 15 is 0 Å². The van der Waals surface area contributed by atoms with Crippen molar-refractivity contribution in [1.82, 2.24) is 19.8 Å². The molecule has 0 spiro atoms. The third-order valence-corrected chi connectivity index (χ3v) is 6.76. The number of benzene rings is 2. The molecule has 3 aromatic rings. The molecule has 0 amide bonds. The van der Waals surface area contributed by atoms with E-state index in [9.17, 15) is 5.26 Å². The number of rotatable bonds is 6. The molecule has 1 aliphatic heterocycles. The van der Waals surface area contributed by atoms with E-state index in [0.717, 1.165) is 38.4 Å². The number of halogens is 2. The van der Waals surface area contributed by atoms with Gasteiger partial charge in [-0.2, -0.15) is 5.26 Å². The lowest BCUT2D eigenvalue weighted by molar-refractivity contribution is 0.131. The Bertz CT molecular complexity index is 1210. The molecule has 0 bridgehead atoms. The number of hydrogen-bond acceptors (Lipinski definition) is 7. The third kappa shape index (κ3) is 7.27. The first-order valence-electron chi connectivity index (χ1n) is 13.2. The maximum absolute atomic E-state index is 9.71. The number of fused-ring (bicyclic) bond motifs is 1. The summed E-state index contributed by atoms with van der Waals surface area (Å²) in [6.45, 7) is 16.2. The molecule has 0 N–H and O–H groups in total. The summed E-state index contributed by atoms with van der Waals surface area (Å²) < 4.78 is 10.8. The van der Waals surface area contributed by atoms with E-state index in [1.807, 2.05) is 13.8 Å². The Hall–Kier alpha value is -2.63. The minimum atomic E-state index is 0.342. The van der Waals surface area contributed by atoms with Crippen molar-refractivity contribution in [3.8, 4) is 28.7 Å². The Balaban J connectivity index is 0.000000947. The van der Waals surface area contributed by atoms with Crippen LogP contribution in [0.4, 0.5) is 0 Å². The van der Waals surface area contributed by atoms with Crippen molar-refractivity contribution in [2.45, 2.75) is 47.6 Å².